The normalized spacial score (nSPS) is 10.4. The van der Waals surface area contributed by atoms with Crippen molar-refractivity contribution in [1.82, 2.24) is 4.98 Å². The summed E-state index contributed by atoms with van der Waals surface area (Å²) in [7, 11) is 0. The number of H-pyrrole nitrogens is 1. The topological polar surface area (TPSA) is 90.4 Å². The van der Waals surface area contributed by atoms with Crippen molar-refractivity contribution in [3.05, 3.63) is 40.2 Å². The molecule has 0 aliphatic carbocycles. The van der Waals surface area contributed by atoms with Gasteiger partial charge in [0.15, 0.2) is 0 Å². The molecule has 76 valence electrons. The van der Waals surface area contributed by atoms with E-state index in [4.69, 9.17) is 5.11 Å². The number of aromatic nitrogens is 1. The van der Waals surface area contributed by atoms with Crippen molar-refractivity contribution in [1.29, 1.82) is 0 Å². The van der Waals surface area contributed by atoms with Crippen molar-refractivity contribution >= 4 is 16.9 Å². The highest BCUT2D eigenvalue weighted by molar-refractivity contribution is 5.93. The summed E-state index contributed by atoms with van der Waals surface area (Å²) in [5, 5.41) is 18.3. The molecule has 1 heterocycles. The Hall–Kier alpha value is -2.30. The standard InChI is InChI=1S/C10H7NO4/c12-7-3-1-2-5-8(7)11-4-6(9(5)13)10(14)15/h1-4,12H,(H,11,13)(H,14,15). The maximum atomic E-state index is 11.6. The Morgan fingerprint density at radius 3 is 2.73 bits per heavy atom. The minimum atomic E-state index is -1.29. The van der Waals surface area contributed by atoms with E-state index in [2.05, 4.69) is 4.98 Å². The van der Waals surface area contributed by atoms with Gasteiger partial charge in [0.25, 0.3) is 0 Å². The Kier molecular flexibility index (Phi) is 1.93. The maximum absolute atomic E-state index is 11.6. The van der Waals surface area contributed by atoms with Crippen LogP contribution in [0.3, 0.4) is 0 Å². The highest BCUT2D eigenvalue weighted by Gasteiger charge is 2.12. The number of carboxylic acids is 1. The third-order valence-corrected chi connectivity index (χ3v) is 2.12. The third kappa shape index (κ3) is 1.34. The van der Waals surface area contributed by atoms with Gasteiger partial charge in [-0.3, -0.25) is 4.79 Å². The van der Waals surface area contributed by atoms with Crippen molar-refractivity contribution in [2.24, 2.45) is 0 Å². The van der Waals surface area contributed by atoms with E-state index >= 15 is 0 Å². The van der Waals surface area contributed by atoms with Crippen molar-refractivity contribution in [3.8, 4) is 5.75 Å². The Morgan fingerprint density at radius 2 is 2.07 bits per heavy atom. The monoisotopic (exact) mass is 205 g/mol. The second-order valence-electron chi connectivity index (χ2n) is 3.04. The molecule has 5 heteroatoms. The molecule has 0 spiro atoms. The van der Waals surface area contributed by atoms with Crippen LogP contribution in [0.5, 0.6) is 5.75 Å². The molecule has 0 aliphatic heterocycles. The van der Waals surface area contributed by atoms with E-state index in [1.165, 1.54) is 18.2 Å². The lowest BCUT2D eigenvalue weighted by atomic mass is 10.1. The number of hydrogen-bond acceptors (Lipinski definition) is 3. The van der Waals surface area contributed by atoms with Gasteiger partial charge < -0.3 is 15.2 Å². The molecular weight excluding hydrogens is 198 g/mol. The first kappa shape index (κ1) is 9.26. The van der Waals surface area contributed by atoms with E-state index in [0.29, 0.717) is 0 Å². The number of para-hydroxylation sites is 1. The molecule has 0 aliphatic rings. The molecule has 3 N–H and O–H groups in total. The van der Waals surface area contributed by atoms with Gasteiger partial charge in [0.1, 0.15) is 11.3 Å². The summed E-state index contributed by atoms with van der Waals surface area (Å²) in [5.74, 6) is -1.37. The average Bonchev–Trinajstić information content (AvgIpc) is 2.19. The minimum Gasteiger partial charge on any atom is -0.506 e. The summed E-state index contributed by atoms with van der Waals surface area (Å²) in [6, 6.07) is 4.36. The quantitative estimate of drug-likeness (QED) is 0.646. The number of rotatable bonds is 1. The van der Waals surface area contributed by atoms with E-state index in [9.17, 15) is 14.7 Å². The lowest BCUT2D eigenvalue weighted by molar-refractivity contribution is 0.0695. The second kappa shape index (κ2) is 3.13. The number of pyridine rings is 1. The van der Waals surface area contributed by atoms with Gasteiger partial charge in [-0.1, -0.05) is 6.07 Å². The van der Waals surface area contributed by atoms with Crippen LogP contribution in [0.2, 0.25) is 0 Å². The van der Waals surface area contributed by atoms with Crippen LogP contribution in [0.15, 0.2) is 29.2 Å². The molecule has 0 saturated heterocycles. The van der Waals surface area contributed by atoms with Crippen LogP contribution in [0.1, 0.15) is 10.4 Å². The van der Waals surface area contributed by atoms with Crippen LogP contribution in [-0.2, 0) is 0 Å². The van der Waals surface area contributed by atoms with Crippen LogP contribution in [-0.4, -0.2) is 21.2 Å². The molecule has 2 aromatic rings. The molecule has 0 saturated carbocycles. The predicted molar refractivity (Wildman–Crippen MR) is 53.2 cm³/mol. The van der Waals surface area contributed by atoms with Crippen LogP contribution >= 0.6 is 0 Å². The van der Waals surface area contributed by atoms with Gasteiger partial charge in [0.2, 0.25) is 5.43 Å². The number of benzene rings is 1. The molecule has 1 aromatic carbocycles. The fourth-order valence-electron chi connectivity index (χ4n) is 1.39. The SMILES string of the molecule is O=C(O)c1c[nH]c2c(O)cccc2c1=O. The van der Waals surface area contributed by atoms with Crippen LogP contribution in [0.25, 0.3) is 10.9 Å². The van der Waals surface area contributed by atoms with Gasteiger partial charge in [-0.2, -0.15) is 0 Å². The maximum Gasteiger partial charge on any atom is 0.341 e. The van der Waals surface area contributed by atoms with E-state index in [1.807, 2.05) is 0 Å². The highest BCUT2D eigenvalue weighted by atomic mass is 16.4. The van der Waals surface area contributed by atoms with E-state index < -0.39 is 11.4 Å². The molecular formula is C10H7NO4. The van der Waals surface area contributed by atoms with Gasteiger partial charge in [-0.05, 0) is 12.1 Å². The summed E-state index contributed by atoms with van der Waals surface area (Å²) in [4.78, 5) is 24.9. The van der Waals surface area contributed by atoms with Crippen molar-refractivity contribution in [2.45, 2.75) is 0 Å². The molecule has 0 unspecified atom stereocenters. The lowest BCUT2D eigenvalue weighted by Crippen LogP contribution is -2.15. The van der Waals surface area contributed by atoms with Crippen LogP contribution in [0.4, 0.5) is 0 Å². The van der Waals surface area contributed by atoms with Gasteiger partial charge in [-0.15, -0.1) is 0 Å². The number of phenols is 1. The molecule has 0 radical (unpaired) electrons. The van der Waals surface area contributed by atoms with Crippen molar-refractivity contribution < 1.29 is 15.0 Å². The van der Waals surface area contributed by atoms with Crippen LogP contribution in [0, 0.1) is 0 Å². The first-order valence-electron chi connectivity index (χ1n) is 4.18. The average molecular weight is 205 g/mol. The number of fused-ring (bicyclic) bond motifs is 1. The molecule has 0 fully saturated rings. The number of carbonyl (C=O) groups is 1. The van der Waals surface area contributed by atoms with Gasteiger partial charge in [0.05, 0.1) is 10.9 Å². The highest BCUT2D eigenvalue weighted by Crippen LogP contribution is 2.19. The zero-order valence-corrected chi connectivity index (χ0v) is 7.52. The fourth-order valence-corrected chi connectivity index (χ4v) is 1.39. The molecule has 0 atom stereocenters. The number of carboxylic acid groups (broad SMARTS) is 1. The molecule has 1 aromatic heterocycles. The van der Waals surface area contributed by atoms with Crippen molar-refractivity contribution in [2.75, 3.05) is 0 Å². The Balaban J connectivity index is 2.92. The Bertz CT molecular complexity index is 600. The summed E-state index contributed by atoms with van der Waals surface area (Å²) in [6.45, 7) is 0. The number of aromatic carboxylic acids is 1. The second-order valence-corrected chi connectivity index (χ2v) is 3.04. The lowest BCUT2D eigenvalue weighted by Gasteiger charge is -2.01. The Labute approximate surface area is 83.6 Å². The summed E-state index contributed by atoms with van der Waals surface area (Å²) >= 11 is 0. The molecule has 2 rings (SSSR count). The zero-order valence-electron chi connectivity index (χ0n) is 7.52. The number of nitrogens with one attached hydrogen (secondary N) is 1. The summed E-state index contributed by atoms with van der Waals surface area (Å²) in [5.41, 5.74) is -0.701. The first-order valence-corrected chi connectivity index (χ1v) is 4.18. The van der Waals surface area contributed by atoms with Crippen molar-refractivity contribution in [3.63, 3.8) is 0 Å². The number of phenolic OH excluding ortho intramolecular Hbond substituents is 1. The van der Waals surface area contributed by atoms with Gasteiger partial charge >= 0.3 is 5.97 Å². The van der Waals surface area contributed by atoms with E-state index in [-0.39, 0.29) is 22.2 Å². The van der Waals surface area contributed by atoms with E-state index in [1.54, 1.807) is 0 Å². The summed E-state index contributed by atoms with van der Waals surface area (Å²) in [6.07, 6.45) is 1.08. The zero-order chi connectivity index (χ0) is 11.0. The molecule has 0 amide bonds. The molecule has 0 bridgehead atoms. The largest absolute Gasteiger partial charge is 0.506 e. The number of aromatic hydroxyl groups is 1. The van der Waals surface area contributed by atoms with Gasteiger partial charge in [0, 0.05) is 6.20 Å². The Morgan fingerprint density at radius 1 is 1.33 bits per heavy atom. The smallest absolute Gasteiger partial charge is 0.341 e. The molecule has 5 nitrogen and oxygen atoms in total. The summed E-state index contributed by atoms with van der Waals surface area (Å²) < 4.78 is 0. The molecule has 15 heavy (non-hydrogen) atoms. The fraction of sp³-hybridized carbons (Fsp3) is 0. The first-order chi connectivity index (χ1) is 7.11. The van der Waals surface area contributed by atoms with Gasteiger partial charge in [-0.25, -0.2) is 4.79 Å². The number of hydrogen-bond donors (Lipinski definition) is 3. The minimum absolute atomic E-state index is 0.0819. The third-order valence-electron chi connectivity index (χ3n) is 2.12. The van der Waals surface area contributed by atoms with E-state index in [0.717, 1.165) is 6.20 Å². The van der Waals surface area contributed by atoms with Crippen LogP contribution < -0.4 is 5.43 Å². The predicted octanol–water partition coefficient (Wildman–Crippen LogP) is 0.932. The number of aromatic amines is 1.